The molecule has 1 fully saturated rings. The number of carbonyl (C=O) groups excluding carboxylic acids is 2. The fourth-order valence-corrected chi connectivity index (χ4v) is 5.10. The summed E-state index contributed by atoms with van der Waals surface area (Å²) in [5.41, 5.74) is 1.65. The van der Waals surface area contributed by atoms with Crippen molar-refractivity contribution in [1.82, 2.24) is 9.62 Å². The minimum Gasteiger partial charge on any atom is -0.342 e. The van der Waals surface area contributed by atoms with Gasteiger partial charge in [-0.2, -0.15) is 0 Å². The van der Waals surface area contributed by atoms with Crippen LogP contribution in [0.1, 0.15) is 45.1 Å². The summed E-state index contributed by atoms with van der Waals surface area (Å²) in [4.78, 5) is 27.8. The van der Waals surface area contributed by atoms with Gasteiger partial charge in [-0.25, -0.2) is 13.1 Å². The summed E-state index contributed by atoms with van der Waals surface area (Å²) in [5, 5.41) is 0. The van der Waals surface area contributed by atoms with E-state index in [2.05, 4.69) is 11.6 Å². The van der Waals surface area contributed by atoms with Crippen molar-refractivity contribution < 1.29 is 18.0 Å². The molecule has 1 saturated heterocycles. The largest absolute Gasteiger partial charge is 0.342 e. The van der Waals surface area contributed by atoms with Gasteiger partial charge in [0.15, 0.2) is 0 Å². The summed E-state index contributed by atoms with van der Waals surface area (Å²) in [5.74, 6) is 0.455. The summed E-state index contributed by atoms with van der Waals surface area (Å²) in [6.45, 7) is 5.90. The molecule has 2 heterocycles. The highest BCUT2D eigenvalue weighted by molar-refractivity contribution is 7.89. The average Bonchev–Trinajstić information content (AvgIpc) is 2.66. The Hall–Kier alpha value is -1.93. The quantitative estimate of drug-likeness (QED) is 0.808. The highest BCUT2D eigenvalue weighted by atomic mass is 32.2. The first-order valence-electron chi connectivity index (χ1n) is 9.96. The van der Waals surface area contributed by atoms with Gasteiger partial charge in [0, 0.05) is 45.2 Å². The molecular weight excluding hydrogens is 378 g/mol. The third-order valence-corrected chi connectivity index (χ3v) is 6.96. The molecule has 1 atom stereocenters. The van der Waals surface area contributed by atoms with Gasteiger partial charge >= 0.3 is 0 Å². The molecule has 0 saturated carbocycles. The standard InChI is InChI=1S/C20H29N3O4S/c1-15-5-3-11-22(14-15)20(25)9-10-21-28(26,27)18-7-8-19-17(13-18)6-4-12-23(19)16(2)24/h7-8,13,15,21H,3-6,9-12,14H2,1-2H3. The van der Waals surface area contributed by atoms with E-state index in [4.69, 9.17) is 0 Å². The molecule has 2 amide bonds. The van der Waals surface area contributed by atoms with Crippen LogP contribution in [0, 0.1) is 5.92 Å². The van der Waals surface area contributed by atoms with Gasteiger partial charge in [-0.1, -0.05) is 6.92 Å². The molecule has 1 aromatic carbocycles. The first-order chi connectivity index (χ1) is 13.3. The maximum absolute atomic E-state index is 12.6. The second-order valence-corrected chi connectivity index (χ2v) is 9.57. The van der Waals surface area contributed by atoms with E-state index >= 15 is 0 Å². The van der Waals surface area contributed by atoms with Crippen LogP contribution in [0.25, 0.3) is 0 Å². The molecular formula is C20H29N3O4S. The number of rotatable bonds is 5. The van der Waals surface area contributed by atoms with Crippen molar-refractivity contribution >= 4 is 27.5 Å². The van der Waals surface area contributed by atoms with Crippen molar-refractivity contribution in [2.24, 2.45) is 5.92 Å². The van der Waals surface area contributed by atoms with Crippen molar-refractivity contribution in [3.8, 4) is 0 Å². The molecule has 0 aromatic heterocycles. The zero-order chi connectivity index (χ0) is 20.3. The predicted octanol–water partition coefficient (Wildman–Crippen LogP) is 1.91. The van der Waals surface area contributed by atoms with Crippen LogP contribution in [0.15, 0.2) is 23.1 Å². The molecule has 0 spiro atoms. The van der Waals surface area contributed by atoms with Crippen LogP contribution < -0.4 is 9.62 Å². The number of likely N-dealkylation sites (tertiary alicyclic amines) is 1. The van der Waals surface area contributed by atoms with Crippen molar-refractivity contribution in [1.29, 1.82) is 0 Å². The van der Waals surface area contributed by atoms with E-state index in [0.29, 0.717) is 12.5 Å². The summed E-state index contributed by atoms with van der Waals surface area (Å²) in [6.07, 6.45) is 3.86. The van der Waals surface area contributed by atoms with E-state index in [-0.39, 0.29) is 29.7 Å². The Morgan fingerprint density at radius 3 is 2.71 bits per heavy atom. The van der Waals surface area contributed by atoms with Gasteiger partial charge in [-0.05, 0) is 55.4 Å². The Morgan fingerprint density at radius 2 is 2.00 bits per heavy atom. The SMILES string of the molecule is CC(=O)N1CCCc2cc(S(=O)(=O)NCCC(=O)N3CCCC(C)C3)ccc21. The number of nitrogens with one attached hydrogen (secondary N) is 1. The second-order valence-electron chi connectivity index (χ2n) is 7.80. The van der Waals surface area contributed by atoms with Crippen LogP contribution in [0.2, 0.25) is 0 Å². The van der Waals surface area contributed by atoms with Crippen LogP contribution in [-0.4, -0.2) is 51.3 Å². The number of amides is 2. The summed E-state index contributed by atoms with van der Waals surface area (Å²) in [7, 11) is -3.69. The molecule has 1 aromatic rings. The number of carbonyl (C=O) groups is 2. The summed E-state index contributed by atoms with van der Waals surface area (Å²) >= 11 is 0. The van der Waals surface area contributed by atoms with Crippen molar-refractivity contribution in [2.75, 3.05) is 31.1 Å². The van der Waals surface area contributed by atoms with E-state index in [9.17, 15) is 18.0 Å². The lowest BCUT2D eigenvalue weighted by Crippen LogP contribution is -2.40. The average molecular weight is 408 g/mol. The maximum atomic E-state index is 12.6. The van der Waals surface area contributed by atoms with E-state index in [0.717, 1.165) is 50.0 Å². The number of fused-ring (bicyclic) bond motifs is 1. The van der Waals surface area contributed by atoms with Crippen LogP contribution in [-0.2, 0) is 26.0 Å². The highest BCUT2D eigenvalue weighted by Crippen LogP contribution is 2.29. The third-order valence-electron chi connectivity index (χ3n) is 5.50. The lowest BCUT2D eigenvalue weighted by molar-refractivity contribution is -0.132. The fourth-order valence-electron chi connectivity index (χ4n) is 4.02. The van der Waals surface area contributed by atoms with E-state index in [1.165, 1.54) is 13.0 Å². The third kappa shape index (κ3) is 4.72. The molecule has 2 aliphatic rings. The van der Waals surface area contributed by atoms with Crippen molar-refractivity contribution in [3.63, 3.8) is 0 Å². The molecule has 8 heteroatoms. The first kappa shape index (κ1) is 20.8. The van der Waals surface area contributed by atoms with Crippen molar-refractivity contribution in [2.45, 2.75) is 50.8 Å². The zero-order valence-corrected chi connectivity index (χ0v) is 17.4. The number of benzene rings is 1. The first-order valence-corrected chi connectivity index (χ1v) is 11.4. The Bertz CT molecular complexity index is 853. The van der Waals surface area contributed by atoms with Crippen LogP contribution >= 0.6 is 0 Å². The Morgan fingerprint density at radius 1 is 1.21 bits per heavy atom. The predicted molar refractivity (Wildman–Crippen MR) is 108 cm³/mol. The molecule has 154 valence electrons. The van der Waals surface area contributed by atoms with Gasteiger partial charge in [0.2, 0.25) is 21.8 Å². The zero-order valence-electron chi connectivity index (χ0n) is 16.6. The lowest BCUT2D eigenvalue weighted by atomic mass is 10.0. The van der Waals surface area contributed by atoms with E-state index in [1.54, 1.807) is 17.0 Å². The molecule has 0 bridgehead atoms. The molecule has 3 rings (SSSR count). The van der Waals surface area contributed by atoms with Gasteiger partial charge in [-0.3, -0.25) is 9.59 Å². The summed E-state index contributed by atoms with van der Waals surface area (Å²) in [6, 6.07) is 4.86. The number of piperidine rings is 1. The van der Waals surface area contributed by atoms with Gasteiger partial charge in [-0.15, -0.1) is 0 Å². The molecule has 0 radical (unpaired) electrons. The van der Waals surface area contributed by atoms with Gasteiger partial charge in [0.1, 0.15) is 0 Å². The minimum atomic E-state index is -3.69. The Labute approximate surface area is 167 Å². The van der Waals surface area contributed by atoms with Gasteiger partial charge in [0.05, 0.1) is 4.90 Å². The molecule has 28 heavy (non-hydrogen) atoms. The Balaban J connectivity index is 1.62. The molecule has 1 unspecified atom stereocenters. The topological polar surface area (TPSA) is 86.8 Å². The summed E-state index contributed by atoms with van der Waals surface area (Å²) < 4.78 is 27.8. The maximum Gasteiger partial charge on any atom is 0.240 e. The molecule has 2 aliphatic heterocycles. The smallest absolute Gasteiger partial charge is 0.240 e. The number of sulfonamides is 1. The molecule has 7 nitrogen and oxygen atoms in total. The number of anilines is 1. The molecule has 0 aliphatic carbocycles. The lowest BCUT2D eigenvalue weighted by Gasteiger charge is -2.31. The van der Waals surface area contributed by atoms with Crippen molar-refractivity contribution in [3.05, 3.63) is 23.8 Å². The second kappa shape index (κ2) is 8.61. The fraction of sp³-hybridized carbons (Fsp3) is 0.600. The van der Waals surface area contributed by atoms with E-state index in [1.807, 2.05) is 4.90 Å². The number of hydrogen-bond acceptors (Lipinski definition) is 4. The Kier molecular flexibility index (Phi) is 6.40. The van der Waals surface area contributed by atoms with Crippen LogP contribution in [0.3, 0.4) is 0 Å². The van der Waals surface area contributed by atoms with Gasteiger partial charge < -0.3 is 9.80 Å². The number of nitrogens with zero attached hydrogens (tertiary/aromatic N) is 2. The highest BCUT2D eigenvalue weighted by Gasteiger charge is 2.24. The monoisotopic (exact) mass is 407 g/mol. The van der Waals surface area contributed by atoms with Crippen LogP contribution in [0.4, 0.5) is 5.69 Å². The van der Waals surface area contributed by atoms with Crippen LogP contribution in [0.5, 0.6) is 0 Å². The van der Waals surface area contributed by atoms with Gasteiger partial charge in [0.25, 0.3) is 0 Å². The number of aryl methyl sites for hydroxylation is 1. The number of hydrogen-bond donors (Lipinski definition) is 1. The molecule has 1 N–H and O–H groups in total. The normalized spacial score (nSPS) is 20.0. The minimum absolute atomic E-state index is 0.00297. The van der Waals surface area contributed by atoms with E-state index < -0.39 is 10.0 Å².